The predicted octanol–water partition coefficient (Wildman–Crippen LogP) is 3.44. The van der Waals surface area contributed by atoms with E-state index in [4.69, 9.17) is 0 Å². The van der Waals surface area contributed by atoms with Crippen molar-refractivity contribution in [3.05, 3.63) is 83.7 Å². The van der Waals surface area contributed by atoms with Crippen molar-refractivity contribution in [2.75, 3.05) is 13.1 Å². The molecule has 7 heteroatoms. The van der Waals surface area contributed by atoms with E-state index in [2.05, 4.69) is 39.9 Å². The SMILES string of the molecule is CC(=O)NCCC1CCCCN1C(=O)c1cn(C(c2ccccc2)c2ccccc2)nn1. The summed E-state index contributed by atoms with van der Waals surface area (Å²) in [5.41, 5.74) is 2.51. The highest BCUT2D eigenvalue weighted by Gasteiger charge is 2.29. The highest BCUT2D eigenvalue weighted by atomic mass is 16.2. The lowest BCUT2D eigenvalue weighted by molar-refractivity contribution is -0.119. The van der Waals surface area contributed by atoms with Crippen molar-refractivity contribution in [1.29, 1.82) is 0 Å². The summed E-state index contributed by atoms with van der Waals surface area (Å²) < 4.78 is 1.77. The van der Waals surface area contributed by atoms with Crippen LogP contribution in [0.3, 0.4) is 0 Å². The molecule has 1 saturated heterocycles. The summed E-state index contributed by atoms with van der Waals surface area (Å²) in [6.45, 7) is 2.79. The molecule has 0 bridgehead atoms. The van der Waals surface area contributed by atoms with Crippen LogP contribution >= 0.6 is 0 Å². The maximum atomic E-state index is 13.3. The van der Waals surface area contributed by atoms with Crippen LogP contribution in [0.15, 0.2) is 66.9 Å². The predicted molar refractivity (Wildman–Crippen MR) is 122 cm³/mol. The van der Waals surface area contributed by atoms with E-state index in [-0.39, 0.29) is 23.9 Å². The van der Waals surface area contributed by atoms with Crippen molar-refractivity contribution < 1.29 is 9.59 Å². The van der Waals surface area contributed by atoms with Crippen molar-refractivity contribution in [3.63, 3.8) is 0 Å². The second-order valence-electron chi connectivity index (χ2n) is 8.23. The molecule has 2 aromatic carbocycles. The number of benzene rings is 2. The first-order chi connectivity index (χ1) is 15.6. The fraction of sp³-hybridized carbons (Fsp3) is 0.360. The summed E-state index contributed by atoms with van der Waals surface area (Å²) >= 11 is 0. The van der Waals surface area contributed by atoms with Gasteiger partial charge in [0.1, 0.15) is 6.04 Å². The van der Waals surface area contributed by atoms with Crippen LogP contribution in [0.5, 0.6) is 0 Å². The minimum Gasteiger partial charge on any atom is -0.356 e. The lowest BCUT2D eigenvalue weighted by Gasteiger charge is -2.35. The first-order valence-corrected chi connectivity index (χ1v) is 11.2. The molecule has 1 atom stereocenters. The van der Waals surface area contributed by atoms with E-state index in [9.17, 15) is 9.59 Å². The van der Waals surface area contributed by atoms with Crippen molar-refractivity contribution in [3.8, 4) is 0 Å². The van der Waals surface area contributed by atoms with E-state index in [0.29, 0.717) is 18.8 Å². The van der Waals surface area contributed by atoms with Gasteiger partial charge < -0.3 is 10.2 Å². The van der Waals surface area contributed by atoms with Gasteiger partial charge in [0.2, 0.25) is 5.91 Å². The average Bonchev–Trinajstić information content (AvgIpc) is 3.30. The number of rotatable bonds is 7. The quantitative estimate of drug-likeness (QED) is 0.622. The Balaban J connectivity index is 1.57. The zero-order chi connectivity index (χ0) is 22.3. The van der Waals surface area contributed by atoms with Gasteiger partial charge in [-0.1, -0.05) is 65.9 Å². The van der Waals surface area contributed by atoms with Crippen LogP contribution in [0.1, 0.15) is 60.3 Å². The molecule has 0 radical (unpaired) electrons. The standard InChI is InChI=1S/C25H29N5O2/c1-19(31)26-16-15-22-14-8-9-17-29(22)25(32)23-18-30(28-27-23)24(20-10-4-2-5-11-20)21-12-6-3-7-13-21/h2-7,10-13,18,22,24H,8-9,14-17H2,1H3,(H,26,31). The zero-order valence-corrected chi connectivity index (χ0v) is 18.4. The van der Waals surface area contributed by atoms with Crippen LogP contribution in [-0.4, -0.2) is 50.8 Å². The van der Waals surface area contributed by atoms with Crippen LogP contribution < -0.4 is 5.32 Å². The Morgan fingerprint density at radius 3 is 2.31 bits per heavy atom. The van der Waals surface area contributed by atoms with Crippen molar-refractivity contribution in [2.45, 2.75) is 44.7 Å². The van der Waals surface area contributed by atoms with Gasteiger partial charge in [0, 0.05) is 26.1 Å². The Morgan fingerprint density at radius 2 is 1.69 bits per heavy atom. The van der Waals surface area contributed by atoms with Gasteiger partial charge in [-0.15, -0.1) is 5.10 Å². The van der Waals surface area contributed by atoms with E-state index in [1.807, 2.05) is 41.3 Å². The monoisotopic (exact) mass is 431 g/mol. The molecule has 1 fully saturated rings. The van der Waals surface area contributed by atoms with Crippen LogP contribution in [0.2, 0.25) is 0 Å². The fourth-order valence-electron chi connectivity index (χ4n) is 4.40. The van der Waals surface area contributed by atoms with Crippen LogP contribution in [-0.2, 0) is 4.79 Å². The molecule has 0 aliphatic carbocycles. The van der Waals surface area contributed by atoms with Crippen LogP contribution in [0.25, 0.3) is 0 Å². The Kier molecular flexibility index (Phi) is 6.94. The lowest BCUT2D eigenvalue weighted by Crippen LogP contribution is -2.45. The number of nitrogens with one attached hydrogen (secondary N) is 1. The van der Waals surface area contributed by atoms with E-state index in [1.54, 1.807) is 10.9 Å². The first kappa shape index (κ1) is 21.7. The van der Waals surface area contributed by atoms with Gasteiger partial charge in [-0.25, -0.2) is 4.68 Å². The summed E-state index contributed by atoms with van der Waals surface area (Å²) in [7, 11) is 0. The van der Waals surface area contributed by atoms with Crippen LogP contribution in [0.4, 0.5) is 0 Å². The van der Waals surface area contributed by atoms with Gasteiger partial charge in [0.05, 0.1) is 6.20 Å². The molecule has 3 aromatic rings. The first-order valence-electron chi connectivity index (χ1n) is 11.2. The van der Waals surface area contributed by atoms with E-state index in [1.165, 1.54) is 6.92 Å². The fourth-order valence-corrected chi connectivity index (χ4v) is 4.40. The molecule has 1 N–H and O–H groups in total. The minimum absolute atomic E-state index is 0.0468. The molecule has 32 heavy (non-hydrogen) atoms. The van der Waals surface area contributed by atoms with Gasteiger partial charge in [0.15, 0.2) is 5.69 Å². The number of nitrogens with zero attached hydrogens (tertiary/aromatic N) is 4. The third-order valence-corrected chi connectivity index (χ3v) is 5.96. The summed E-state index contributed by atoms with van der Waals surface area (Å²) in [6.07, 6.45) is 5.51. The van der Waals surface area contributed by atoms with E-state index >= 15 is 0 Å². The average molecular weight is 432 g/mol. The lowest BCUT2D eigenvalue weighted by atomic mass is 9.98. The molecular formula is C25H29N5O2. The molecule has 7 nitrogen and oxygen atoms in total. The number of hydrogen-bond acceptors (Lipinski definition) is 4. The maximum Gasteiger partial charge on any atom is 0.276 e. The number of carbonyl (C=O) groups is 2. The molecule has 0 saturated carbocycles. The minimum atomic E-state index is -0.164. The molecular weight excluding hydrogens is 402 g/mol. The van der Waals surface area contributed by atoms with Crippen LogP contribution in [0, 0.1) is 0 Å². The molecule has 166 valence electrons. The number of carbonyl (C=O) groups excluding carboxylic acids is 2. The van der Waals surface area contributed by atoms with Crippen molar-refractivity contribution >= 4 is 11.8 Å². The van der Waals surface area contributed by atoms with Gasteiger partial charge in [0.25, 0.3) is 5.91 Å². The summed E-state index contributed by atoms with van der Waals surface area (Å²) in [4.78, 5) is 26.5. The molecule has 0 spiro atoms. The number of piperidine rings is 1. The second kappa shape index (κ2) is 10.2. The largest absolute Gasteiger partial charge is 0.356 e. The topological polar surface area (TPSA) is 80.1 Å². The maximum absolute atomic E-state index is 13.3. The van der Waals surface area contributed by atoms with Gasteiger partial charge >= 0.3 is 0 Å². The number of amides is 2. The Morgan fingerprint density at radius 1 is 1.03 bits per heavy atom. The molecule has 4 rings (SSSR count). The molecule has 2 amide bonds. The van der Waals surface area contributed by atoms with E-state index < -0.39 is 0 Å². The normalized spacial score (nSPS) is 16.2. The molecule has 1 aliphatic heterocycles. The third kappa shape index (κ3) is 5.04. The molecule has 1 aliphatic rings. The highest BCUT2D eigenvalue weighted by molar-refractivity contribution is 5.92. The Labute approximate surface area is 188 Å². The number of likely N-dealkylation sites (tertiary alicyclic amines) is 1. The smallest absolute Gasteiger partial charge is 0.276 e. The van der Waals surface area contributed by atoms with Crippen molar-refractivity contribution in [2.24, 2.45) is 0 Å². The van der Waals surface area contributed by atoms with Crippen molar-refractivity contribution in [1.82, 2.24) is 25.2 Å². The van der Waals surface area contributed by atoms with E-state index in [0.717, 1.165) is 36.8 Å². The summed E-state index contributed by atoms with van der Waals surface area (Å²) in [5, 5.41) is 11.5. The molecule has 1 aromatic heterocycles. The van der Waals surface area contributed by atoms with Gasteiger partial charge in [-0.3, -0.25) is 9.59 Å². The third-order valence-electron chi connectivity index (χ3n) is 5.96. The summed E-state index contributed by atoms with van der Waals surface area (Å²) in [6, 6.07) is 20.2. The Hall–Kier alpha value is -3.48. The molecule has 1 unspecified atom stereocenters. The highest BCUT2D eigenvalue weighted by Crippen LogP contribution is 2.27. The number of aromatic nitrogens is 3. The summed E-state index contributed by atoms with van der Waals surface area (Å²) in [5.74, 6) is -0.141. The van der Waals surface area contributed by atoms with Gasteiger partial charge in [-0.2, -0.15) is 0 Å². The zero-order valence-electron chi connectivity index (χ0n) is 18.4. The second-order valence-corrected chi connectivity index (χ2v) is 8.23. The molecule has 2 heterocycles. The Bertz CT molecular complexity index is 995. The number of hydrogen-bond donors (Lipinski definition) is 1. The van der Waals surface area contributed by atoms with Gasteiger partial charge in [-0.05, 0) is 36.8 Å².